The second kappa shape index (κ2) is 8.65. The highest BCUT2D eigenvalue weighted by atomic mass is 35.5. The molecule has 0 saturated carbocycles. The van der Waals surface area contributed by atoms with E-state index in [2.05, 4.69) is 15.0 Å². The maximum Gasteiger partial charge on any atom is 0.242 e. The molecule has 0 unspecified atom stereocenters. The van der Waals surface area contributed by atoms with Crippen LogP contribution in [0.2, 0.25) is 10.0 Å². The van der Waals surface area contributed by atoms with E-state index < -0.39 is 10.0 Å². The zero-order chi connectivity index (χ0) is 18.6. The molecular weight excluding hydrogens is 397 g/mol. The number of hydrogen-bond acceptors (Lipinski definition) is 5. The van der Waals surface area contributed by atoms with Crippen molar-refractivity contribution in [2.45, 2.75) is 11.0 Å². The highest BCUT2D eigenvalue weighted by molar-refractivity contribution is 7.89. The molecule has 2 aromatic rings. The average molecular weight is 416 g/mol. The van der Waals surface area contributed by atoms with E-state index in [-0.39, 0.29) is 23.5 Å². The van der Waals surface area contributed by atoms with Gasteiger partial charge in [0.2, 0.25) is 10.0 Å². The molecule has 0 bridgehead atoms. The molecule has 1 fully saturated rings. The first kappa shape index (κ1) is 19.5. The van der Waals surface area contributed by atoms with E-state index in [1.165, 1.54) is 18.5 Å². The molecule has 1 aromatic heterocycles. The molecule has 2 atom stereocenters. The molecule has 26 heavy (non-hydrogen) atoms. The lowest BCUT2D eigenvalue weighted by atomic mass is 9.95. The molecule has 9 heteroatoms. The van der Waals surface area contributed by atoms with Gasteiger partial charge in [-0.1, -0.05) is 29.3 Å². The van der Waals surface area contributed by atoms with Gasteiger partial charge in [0.15, 0.2) is 0 Å². The summed E-state index contributed by atoms with van der Waals surface area (Å²) in [5.74, 6) is -0.110. The van der Waals surface area contributed by atoms with Gasteiger partial charge in [0.05, 0.1) is 22.8 Å². The lowest BCUT2D eigenvalue weighted by molar-refractivity contribution is 0.0322. The summed E-state index contributed by atoms with van der Waals surface area (Å²) in [5, 5.41) is 4.18. The van der Waals surface area contributed by atoms with Gasteiger partial charge in [-0.2, -0.15) is 0 Å². The van der Waals surface area contributed by atoms with Crippen molar-refractivity contribution in [3.8, 4) is 0 Å². The molecule has 3 rings (SSSR count). The van der Waals surface area contributed by atoms with Crippen LogP contribution in [0.1, 0.15) is 11.7 Å². The Morgan fingerprint density at radius 1 is 1.27 bits per heavy atom. The van der Waals surface area contributed by atoms with Crippen molar-refractivity contribution >= 4 is 33.2 Å². The van der Waals surface area contributed by atoms with Crippen LogP contribution in [0.15, 0.2) is 47.6 Å². The molecule has 0 radical (unpaired) electrons. The fraction of sp³-hybridized carbons (Fsp3) is 0.353. The van der Waals surface area contributed by atoms with Crippen LogP contribution < -0.4 is 10.0 Å². The lowest BCUT2D eigenvalue weighted by Gasteiger charge is -2.25. The second-order valence-corrected chi connectivity index (χ2v) is 8.55. The topological polar surface area (TPSA) is 80.3 Å². The van der Waals surface area contributed by atoms with Crippen molar-refractivity contribution in [1.29, 1.82) is 0 Å². The summed E-state index contributed by atoms with van der Waals surface area (Å²) >= 11 is 12.1. The Morgan fingerprint density at radius 2 is 2.12 bits per heavy atom. The maximum absolute atomic E-state index is 12.5. The predicted octanol–water partition coefficient (Wildman–Crippen LogP) is 2.64. The molecule has 2 N–H and O–H groups in total. The van der Waals surface area contributed by atoms with Gasteiger partial charge in [0, 0.05) is 37.9 Å². The molecule has 0 spiro atoms. The third kappa shape index (κ3) is 4.73. The van der Waals surface area contributed by atoms with Crippen molar-refractivity contribution in [3.05, 3.63) is 58.3 Å². The highest BCUT2D eigenvalue weighted by Gasteiger charge is 2.28. The Labute approximate surface area is 162 Å². The summed E-state index contributed by atoms with van der Waals surface area (Å²) in [5.41, 5.74) is 0.869. The van der Waals surface area contributed by atoms with Crippen LogP contribution in [0, 0.1) is 5.92 Å². The van der Waals surface area contributed by atoms with Gasteiger partial charge in [-0.25, -0.2) is 13.1 Å². The summed E-state index contributed by atoms with van der Waals surface area (Å²) in [6.45, 7) is 2.05. The van der Waals surface area contributed by atoms with E-state index in [9.17, 15) is 8.42 Å². The SMILES string of the molecule is O=S(=O)(NC[C@@H]1CNCCO[C@H]1c1ccc(Cl)c(Cl)c1)c1cccnc1. The van der Waals surface area contributed by atoms with Crippen LogP contribution in [0.5, 0.6) is 0 Å². The van der Waals surface area contributed by atoms with Gasteiger partial charge < -0.3 is 10.1 Å². The lowest BCUT2D eigenvalue weighted by Crippen LogP contribution is -2.36. The predicted molar refractivity (Wildman–Crippen MR) is 101 cm³/mol. The van der Waals surface area contributed by atoms with Gasteiger partial charge in [0.1, 0.15) is 4.90 Å². The number of nitrogens with zero attached hydrogens (tertiary/aromatic N) is 1. The van der Waals surface area contributed by atoms with E-state index in [0.29, 0.717) is 29.7 Å². The Balaban J connectivity index is 1.78. The molecule has 1 saturated heterocycles. The van der Waals surface area contributed by atoms with Crippen LogP contribution in [0.25, 0.3) is 0 Å². The molecule has 1 aliphatic rings. The van der Waals surface area contributed by atoms with Gasteiger partial charge in [-0.15, -0.1) is 0 Å². The van der Waals surface area contributed by atoms with Gasteiger partial charge in [0.25, 0.3) is 0 Å². The van der Waals surface area contributed by atoms with Gasteiger partial charge in [-0.05, 0) is 29.8 Å². The van der Waals surface area contributed by atoms with Crippen LogP contribution in [0.4, 0.5) is 0 Å². The second-order valence-electron chi connectivity index (χ2n) is 5.97. The smallest absolute Gasteiger partial charge is 0.242 e. The van der Waals surface area contributed by atoms with Gasteiger partial charge >= 0.3 is 0 Å². The summed E-state index contributed by atoms with van der Waals surface area (Å²) in [6, 6.07) is 8.43. The Hall–Kier alpha value is -1.22. The molecule has 2 heterocycles. The first-order valence-corrected chi connectivity index (χ1v) is 10.4. The maximum atomic E-state index is 12.5. The average Bonchev–Trinajstić information content (AvgIpc) is 2.89. The Bertz CT molecular complexity index is 850. The number of pyridine rings is 1. The number of sulfonamides is 1. The monoisotopic (exact) mass is 415 g/mol. The first-order valence-electron chi connectivity index (χ1n) is 8.14. The van der Waals surface area contributed by atoms with Crippen molar-refractivity contribution in [3.63, 3.8) is 0 Å². The number of aromatic nitrogens is 1. The van der Waals surface area contributed by atoms with Crippen LogP contribution in [-0.2, 0) is 14.8 Å². The van der Waals surface area contributed by atoms with Crippen molar-refractivity contribution < 1.29 is 13.2 Å². The summed E-state index contributed by atoms with van der Waals surface area (Å²) < 4.78 is 33.5. The zero-order valence-electron chi connectivity index (χ0n) is 13.9. The van der Waals surface area contributed by atoms with Crippen LogP contribution in [0.3, 0.4) is 0 Å². The Kier molecular flexibility index (Phi) is 6.50. The number of nitrogens with one attached hydrogen (secondary N) is 2. The minimum absolute atomic E-state index is 0.110. The van der Waals surface area contributed by atoms with Crippen molar-refractivity contribution in [1.82, 2.24) is 15.0 Å². The normalized spacial score (nSPS) is 21.3. The fourth-order valence-corrected chi connectivity index (χ4v) is 4.20. The van der Waals surface area contributed by atoms with E-state index in [4.69, 9.17) is 27.9 Å². The van der Waals surface area contributed by atoms with E-state index in [0.717, 1.165) is 5.56 Å². The summed E-state index contributed by atoms with van der Waals surface area (Å²) in [4.78, 5) is 3.99. The number of hydrogen-bond donors (Lipinski definition) is 2. The Morgan fingerprint density at radius 3 is 2.85 bits per heavy atom. The van der Waals surface area contributed by atoms with E-state index >= 15 is 0 Å². The quantitative estimate of drug-likeness (QED) is 0.784. The fourth-order valence-electron chi connectivity index (χ4n) is 2.83. The van der Waals surface area contributed by atoms with Crippen LogP contribution >= 0.6 is 23.2 Å². The molecule has 0 aliphatic carbocycles. The molecular formula is C17H19Cl2N3O3S. The standard InChI is InChI=1S/C17H19Cl2N3O3S/c18-15-4-3-12(8-16(15)19)17-13(9-21-6-7-25-17)10-22-26(23,24)14-2-1-5-20-11-14/h1-5,8,11,13,17,21-22H,6-7,9-10H2/t13-,17-/m0/s1. The van der Waals surface area contributed by atoms with E-state index in [1.807, 2.05) is 6.07 Å². The van der Waals surface area contributed by atoms with Crippen molar-refractivity contribution in [2.24, 2.45) is 5.92 Å². The van der Waals surface area contributed by atoms with Crippen molar-refractivity contribution in [2.75, 3.05) is 26.2 Å². The number of ether oxygens (including phenoxy) is 1. The third-order valence-electron chi connectivity index (χ3n) is 4.16. The largest absolute Gasteiger partial charge is 0.372 e. The number of benzene rings is 1. The minimum Gasteiger partial charge on any atom is -0.372 e. The minimum atomic E-state index is -3.64. The summed E-state index contributed by atoms with van der Waals surface area (Å²) in [6.07, 6.45) is 2.56. The molecule has 0 amide bonds. The molecule has 140 valence electrons. The number of rotatable bonds is 5. The first-order chi connectivity index (χ1) is 12.5. The number of halogens is 2. The van der Waals surface area contributed by atoms with Crippen LogP contribution in [-0.4, -0.2) is 39.6 Å². The molecule has 1 aliphatic heterocycles. The highest BCUT2D eigenvalue weighted by Crippen LogP contribution is 2.32. The summed E-state index contributed by atoms with van der Waals surface area (Å²) in [7, 11) is -3.64. The zero-order valence-corrected chi connectivity index (χ0v) is 16.2. The molecule has 6 nitrogen and oxygen atoms in total. The van der Waals surface area contributed by atoms with E-state index in [1.54, 1.807) is 18.2 Å². The molecule has 1 aromatic carbocycles. The van der Waals surface area contributed by atoms with Gasteiger partial charge in [-0.3, -0.25) is 4.98 Å². The third-order valence-corrected chi connectivity index (χ3v) is 6.31.